The van der Waals surface area contributed by atoms with Crippen LogP contribution in [0.25, 0.3) is 0 Å². The molecular formula is C21H29N3O3. The van der Waals surface area contributed by atoms with Crippen molar-refractivity contribution in [3.63, 3.8) is 0 Å². The number of aliphatic imine (C=N–C) groups is 1. The van der Waals surface area contributed by atoms with Crippen molar-refractivity contribution >= 4 is 11.7 Å². The van der Waals surface area contributed by atoms with Gasteiger partial charge in [-0.25, -0.2) is 4.99 Å². The molecule has 1 aromatic rings. The lowest BCUT2D eigenvalue weighted by Crippen LogP contribution is -2.46. The molecule has 0 aromatic heterocycles. The van der Waals surface area contributed by atoms with Crippen LogP contribution in [-0.4, -0.2) is 38.2 Å². The van der Waals surface area contributed by atoms with Gasteiger partial charge >= 0.3 is 0 Å². The maximum atomic E-state index is 6.01. The molecule has 1 atom stereocenters. The second kappa shape index (κ2) is 6.82. The van der Waals surface area contributed by atoms with Crippen LogP contribution in [0.1, 0.15) is 56.2 Å². The maximum absolute atomic E-state index is 6.01. The van der Waals surface area contributed by atoms with E-state index in [4.69, 9.17) is 25.0 Å². The zero-order valence-electron chi connectivity index (χ0n) is 16.5. The molecule has 2 N–H and O–H groups in total. The summed E-state index contributed by atoms with van der Waals surface area (Å²) < 4.78 is 11.3. The Hall–Kier alpha value is -2.08. The first kappa shape index (κ1) is 18.3. The van der Waals surface area contributed by atoms with Crippen LogP contribution >= 0.6 is 0 Å². The summed E-state index contributed by atoms with van der Waals surface area (Å²) in [5, 5.41) is 4.20. The van der Waals surface area contributed by atoms with E-state index in [1.54, 1.807) is 0 Å². The van der Waals surface area contributed by atoms with E-state index in [9.17, 15) is 0 Å². The van der Waals surface area contributed by atoms with Crippen LogP contribution in [-0.2, 0) is 26.3 Å². The second-order valence-electron chi connectivity index (χ2n) is 7.96. The molecule has 6 heteroatoms. The third kappa shape index (κ3) is 2.81. The van der Waals surface area contributed by atoms with Gasteiger partial charge in [0.1, 0.15) is 18.8 Å². The number of oxime groups is 1. The van der Waals surface area contributed by atoms with Gasteiger partial charge in [0.25, 0.3) is 6.02 Å². The standard InChI is InChI=1S/C21H29N3O3/c1-4-27-24-14(2)15-5-6-16-12-20(9-7-17(25-3)8-10-20)21(18(16)11-15)13-26-19(22)23-21/h5-6,11,17H,4,7-10,12-13H2,1-3H3,(H2,22,23)/b24-14+/t17-,20-,21?. The van der Waals surface area contributed by atoms with E-state index in [0.717, 1.165) is 43.4 Å². The van der Waals surface area contributed by atoms with Gasteiger partial charge in [-0.3, -0.25) is 0 Å². The van der Waals surface area contributed by atoms with E-state index in [-0.39, 0.29) is 5.41 Å². The molecule has 4 rings (SSSR count). The van der Waals surface area contributed by atoms with Crippen molar-refractivity contribution in [3.8, 4) is 0 Å². The first-order valence-corrected chi connectivity index (χ1v) is 9.85. The smallest absolute Gasteiger partial charge is 0.283 e. The molecule has 0 radical (unpaired) electrons. The fourth-order valence-corrected chi connectivity index (χ4v) is 5.16. The monoisotopic (exact) mass is 371 g/mol. The number of hydrogen-bond acceptors (Lipinski definition) is 6. The normalized spacial score (nSPS) is 32.5. The lowest BCUT2D eigenvalue weighted by Gasteiger charge is -2.45. The van der Waals surface area contributed by atoms with Gasteiger partial charge in [0.15, 0.2) is 0 Å². The van der Waals surface area contributed by atoms with E-state index in [0.29, 0.717) is 25.3 Å². The highest BCUT2D eigenvalue weighted by molar-refractivity contribution is 5.98. The molecule has 1 fully saturated rings. The molecule has 0 amide bonds. The third-order valence-electron chi connectivity index (χ3n) is 6.66. The van der Waals surface area contributed by atoms with E-state index in [1.165, 1.54) is 11.1 Å². The number of amidine groups is 1. The fraction of sp³-hybridized carbons (Fsp3) is 0.619. The van der Waals surface area contributed by atoms with Crippen LogP contribution in [0.2, 0.25) is 0 Å². The van der Waals surface area contributed by atoms with E-state index < -0.39 is 5.54 Å². The number of methoxy groups -OCH3 is 1. The average Bonchev–Trinajstić information content (AvgIpc) is 3.20. The summed E-state index contributed by atoms with van der Waals surface area (Å²) in [6, 6.07) is 6.88. The summed E-state index contributed by atoms with van der Waals surface area (Å²) in [6.45, 7) is 4.99. The molecule has 2 aliphatic carbocycles. The van der Waals surface area contributed by atoms with Crippen LogP contribution in [0.3, 0.4) is 0 Å². The van der Waals surface area contributed by atoms with Crippen LogP contribution in [0, 0.1) is 5.41 Å². The quantitative estimate of drug-likeness (QED) is 0.651. The Morgan fingerprint density at radius 1 is 1.37 bits per heavy atom. The Bertz CT molecular complexity index is 781. The number of rotatable bonds is 4. The molecule has 1 heterocycles. The van der Waals surface area contributed by atoms with Crippen molar-refractivity contribution in [2.24, 2.45) is 21.3 Å². The number of ether oxygens (including phenoxy) is 2. The molecule has 1 unspecified atom stereocenters. The van der Waals surface area contributed by atoms with Crippen LogP contribution in [0.4, 0.5) is 0 Å². The SMILES string of the molecule is CCO/N=C(\C)c1ccc2c(c1)C1(COC(N)=N1)[C@]1(CC[C@H](OC)CC1)C2. The molecule has 1 aromatic carbocycles. The Morgan fingerprint density at radius 2 is 2.15 bits per heavy atom. The summed E-state index contributed by atoms with van der Waals surface area (Å²) in [6.07, 6.45) is 5.61. The lowest BCUT2D eigenvalue weighted by atomic mass is 9.62. The first-order chi connectivity index (χ1) is 13.0. The highest BCUT2D eigenvalue weighted by Gasteiger charge is 2.61. The van der Waals surface area contributed by atoms with Gasteiger partial charge in [-0.15, -0.1) is 0 Å². The minimum Gasteiger partial charge on any atom is -0.462 e. The van der Waals surface area contributed by atoms with Gasteiger partial charge in [0.2, 0.25) is 0 Å². The van der Waals surface area contributed by atoms with E-state index in [2.05, 4.69) is 23.4 Å². The fourth-order valence-electron chi connectivity index (χ4n) is 5.16. The van der Waals surface area contributed by atoms with Crippen molar-refractivity contribution < 1.29 is 14.3 Å². The maximum Gasteiger partial charge on any atom is 0.283 e. The van der Waals surface area contributed by atoms with Crippen LogP contribution in [0.5, 0.6) is 0 Å². The van der Waals surface area contributed by atoms with Gasteiger partial charge in [-0.2, -0.15) is 0 Å². The number of nitrogens with zero attached hydrogens (tertiary/aromatic N) is 2. The topological polar surface area (TPSA) is 78.4 Å². The zero-order chi connectivity index (χ0) is 19.1. The molecule has 27 heavy (non-hydrogen) atoms. The molecule has 0 saturated heterocycles. The minimum absolute atomic E-state index is 0.0507. The Labute approximate surface area is 160 Å². The summed E-state index contributed by atoms with van der Waals surface area (Å²) in [5.41, 5.74) is 10.2. The summed E-state index contributed by atoms with van der Waals surface area (Å²) in [5.74, 6) is 0. The highest BCUT2D eigenvalue weighted by Crippen LogP contribution is 2.61. The third-order valence-corrected chi connectivity index (χ3v) is 6.66. The molecule has 1 saturated carbocycles. The molecule has 2 spiro atoms. The summed E-state index contributed by atoms with van der Waals surface area (Å²) >= 11 is 0. The zero-order valence-corrected chi connectivity index (χ0v) is 16.5. The minimum atomic E-state index is -0.396. The molecule has 1 aliphatic heterocycles. The van der Waals surface area contributed by atoms with Crippen molar-refractivity contribution in [1.29, 1.82) is 0 Å². The molecular weight excluding hydrogens is 342 g/mol. The van der Waals surface area contributed by atoms with E-state index in [1.807, 2.05) is 21.0 Å². The first-order valence-electron chi connectivity index (χ1n) is 9.85. The van der Waals surface area contributed by atoms with Crippen molar-refractivity contribution in [3.05, 3.63) is 34.9 Å². The number of hydrogen-bond donors (Lipinski definition) is 1. The number of fused-ring (bicyclic) bond motifs is 3. The second-order valence-corrected chi connectivity index (χ2v) is 7.96. The Kier molecular flexibility index (Phi) is 4.62. The van der Waals surface area contributed by atoms with Gasteiger partial charge in [0.05, 0.1) is 11.8 Å². The van der Waals surface area contributed by atoms with Gasteiger partial charge in [-0.05, 0) is 68.7 Å². The molecule has 0 bridgehead atoms. The van der Waals surface area contributed by atoms with Gasteiger partial charge in [-0.1, -0.05) is 17.3 Å². The Balaban J connectivity index is 1.76. The lowest BCUT2D eigenvalue weighted by molar-refractivity contribution is -0.00984. The summed E-state index contributed by atoms with van der Waals surface area (Å²) in [7, 11) is 1.81. The number of benzene rings is 1. The average molecular weight is 371 g/mol. The van der Waals surface area contributed by atoms with Crippen molar-refractivity contribution in [1.82, 2.24) is 0 Å². The number of nitrogens with two attached hydrogens (primary N) is 1. The Morgan fingerprint density at radius 3 is 2.78 bits per heavy atom. The van der Waals surface area contributed by atoms with Crippen molar-refractivity contribution in [2.75, 3.05) is 20.3 Å². The van der Waals surface area contributed by atoms with Gasteiger partial charge < -0.3 is 20.0 Å². The molecule has 146 valence electrons. The van der Waals surface area contributed by atoms with E-state index >= 15 is 0 Å². The van der Waals surface area contributed by atoms with Crippen molar-refractivity contribution in [2.45, 2.75) is 57.6 Å². The highest BCUT2D eigenvalue weighted by atomic mass is 16.6. The predicted molar refractivity (Wildman–Crippen MR) is 105 cm³/mol. The predicted octanol–water partition coefficient (Wildman–Crippen LogP) is 3.12. The molecule has 6 nitrogen and oxygen atoms in total. The largest absolute Gasteiger partial charge is 0.462 e. The van der Waals surface area contributed by atoms with Crippen LogP contribution in [0.15, 0.2) is 28.3 Å². The summed E-state index contributed by atoms with van der Waals surface area (Å²) in [4.78, 5) is 10.2. The molecule has 3 aliphatic rings. The van der Waals surface area contributed by atoms with Gasteiger partial charge in [0, 0.05) is 12.5 Å². The van der Waals surface area contributed by atoms with Crippen LogP contribution < -0.4 is 5.73 Å².